The van der Waals surface area contributed by atoms with Gasteiger partial charge in [-0.2, -0.15) is 0 Å². The standard InChI is InChI=1S/C16H24N2O2/c1-5-13-6-8-14(9-7-13)15(19)10-18(4)11-16(20)17-12(2)3/h6-9,12H,5,10-11H2,1-4H3,(H,17,20). The van der Waals surface area contributed by atoms with Crippen molar-refractivity contribution in [1.29, 1.82) is 0 Å². The Labute approximate surface area is 121 Å². The first-order valence-corrected chi connectivity index (χ1v) is 7.02. The van der Waals surface area contributed by atoms with E-state index in [1.807, 2.05) is 38.1 Å². The molecule has 0 aliphatic carbocycles. The molecule has 1 aromatic rings. The number of likely N-dealkylation sites (N-methyl/N-ethyl adjacent to an activating group) is 1. The molecule has 0 aromatic heterocycles. The van der Waals surface area contributed by atoms with Gasteiger partial charge in [0.15, 0.2) is 5.78 Å². The van der Waals surface area contributed by atoms with E-state index >= 15 is 0 Å². The Hall–Kier alpha value is -1.68. The van der Waals surface area contributed by atoms with Gasteiger partial charge in [0.2, 0.25) is 5.91 Å². The van der Waals surface area contributed by atoms with Crippen LogP contribution in [0.2, 0.25) is 0 Å². The van der Waals surface area contributed by atoms with Crippen LogP contribution in [0.25, 0.3) is 0 Å². The number of aryl methyl sites for hydroxylation is 1. The Morgan fingerprint density at radius 2 is 1.75 bits per heavy atom. The van der Waals surface area contributed by atoms with Crippen LogP contribution in [-0.4, -0.2) is 42.8 Å². The molecule has 1 amide bonds. The Balaban J connectivity index is 2.50. The van der Waals surface area contributed by atoms with Gasteiger partial charge >= 0.3 is 0 Å². The molecule has 0 heterocycles. The van der Waals surface area contributed by atoms with Crippen molar-refractivity contribution in [1.82, 2.24) is 10.2 Å². The van der Waals surface area contributed by atoms with Crippen molar-refractivity contribution in [2.75, 3.05) is 20.1 Å². The normalized spacial score (nSPS) is 10.9. The van der Waals surface area contributed by atoms with Crippen LogP contribution in [0.1, 0.15) is 36.7 Å². The first kappa shape index (κ1) is 16.4. The van der Waals surface area contributed by atoms with Gasteiger partial charge in [-0.15, -0.1) is 0 Å². The fraction of sp³-hybridized carbons (Fsp3) is 0.500. The summed E-state index contributed by atoms with van der Waals surface area (Å²) >= 11 is 0. The van der Waals surface area contributed by atoms with Crippen molar-refractivity contribution >= 4 is 11.7 Å². The summed E-state index contributed by atoms with van der Waals surface area (Å²) in [6.07, 6.45) is 0.962. The van der Waals surface area contributed by atoms with Gasteiger partial charge in [-0.05, 0) is 32.9 Å². The molecule has 0 saturated heterocycles. The molecule has 0 bridgehead atoms. The van der Waals surface area contributed by atoms with Gasteiger partial charge in [-0.1, -0.05) is 31.2 Å². The summed E-state index contributed by atoms with van der Waals surface area (Å²) in [7, 11) is 1.78. The van der Waals surface area contributed by atoms with Crippen molar-refractivity contribution in [3.63, 3.8) is 0 Å². The zero-order valence-corrected chi connectivity index (χ0v) is 12.8. The Bertz CT molecular complexity index is 452. The van der Waals surface area contributed by atoms with Crippen molar-refractivity contribution in [3.05, 3.63) is 35.4 Å². The van der Waals surface area contributed by atoms with Crippen LogP contribution in [0.4, 0.5) is 0 Å². The van der Waals surface area contributed by atoms with E-state index in [1.54, 1.807) is 11.9 Å². The second-order valence-corrected chi connectivity index (χ2v) is 5.37. The molecule has 1 N–H and O–H groups in total. The lowest BCUT2D eigenvalue weighted by Gasteiger charge is -2.16. The van der Waals surface area contributed by atoms with Crippen LogP contribution in [0.5, 0.6) is 0 Å². The number of benzene rings is 1. The number of carbonyl (C=O) groups is 2. The molecule has 0 aliphatic rings. The number of nitrogens with one attached hydrogen (secondary N) is 1. The van der Waals surface area contributed by atoms with Gasteiger partial charge in [0, 0.05) is 11.6 Å². The zero-order valence-electron chi connectivity index (χ0n) is 12.8. The van der Waals surface area contributed by atoms with Crippen LogP contribution in [0, 0.1) is 0 Å². The van der Waals surface area contributed by atoms with E-state index in [0.717, 1.165) is 6.42 Å². The molecule has 4 nitrogen and oxygen atoms in total. The number of carbonyl (C=O) groups excluding carboxylic acids is 2. The minimum Gasteiger partial charge on any atom is -0.353 e. The topological polar surface area (TPSA) is 49.4 Å². The third kappa shape index (κ3) is 5.53. The lowest BCUT2D eigenvalue weighted by molar-refractivity contribution is -0.122. The Morgan fingerprint density at radius 3 is 2.25 bits per heavy atom. The van der Waals surface area contributed by atoms with Crippen molar-refractivity contribution in [3.8, 4) is 0 Å². The molecule has 0 radical (unpaired) electrons. The second-order valence-electron chi connectivity index (χ2n) is 5.37. The first-order chi connectivity index (χ1) is 9.42. The molecule has 0 spiro atoms. The minimum atomic E-state index is -0.0587. The van der Waals surface area contributed by atoms with Crippen LogP contribution in [-0.2, 0) is 11.2 Å². The molecule has 1 aromatic carbocycles. The average Bonchev–Trinajstić information content (AvgIpc) is 2.37. The summed E-state index contributed by atoms with van der Waals surface area (Å²) in [5.74, 6) is -0.0240. The number of ketones is 1. The molecule has 1 rings (SSSR count). The molecule has 4 heteroatoms. The predicted octanol–water partition coefficient (Wildman–Crippen LogP) is 1.89. The van der Waals surface area contributed by atoms with Gasteiger partial charge in [0.25, 0.3) is 0 Å². The van der Waals surface area contributed by atoms with Crippen molar-refractivity contribution in [2.45, 2.75) is 33.2 Å². The van der Waals surface area contributed by atoms with E-state index in [4.69, 9.17) is 0 Å². The highest BCUT2D eigenvalue weighted by atomic mass is 16.2. The van der Waals surface area contributed by atoms with Crippen LogP contribution in [0.3, 0.4) is 0 Å². The number of nitrogens with zero attached hydrogens (tertiary/aromatic N) is 1. The third-order valence-electron chi connectivity index (χ3n) is 2.96. The summed E-state index contributed by atoms with van der Waals surface area (Å²) in [6, 6.07) is 7.76. The molecule has 20 heavy (non-hydrogen) atoms. The smallest absolute Gasteiger partial charge is 0.234 e. The fourth-order valence-corrected chi connectivity index (χ4v) is 1.93. The van der Waals surface area contributed by atoms with Crippen LogP contribution < -0.4 is 5.32 Å². The maximum atomic E-state index is 12.1. The third-order valence-corrected chi connectivity index (χ3v) is 2.96. The largest absolute Gasteiger partial charge is 0.353 e. The van der Waals surface area contributed by atoms with Crippen molar-refractivity contribution in [2.24, 2.45) is 0 Å². The van der Waals surface area contributed by atoms with Gasteiger partial charge in [0.1, 0.15) is 0 Å². The molecule has 0 atom stereocenters. The van der Waals surface area contributed by atoms with E-state index in [2.05, 4.69) is 12.2 Å². The zero-order chi connectivity index (χ0) is 15.1. The molecule has 0 unspecified atom stereocenters. The number of rotatable bonds is 7. The number of Topliss-reactive ketones (excluding diaryl/α,β-unsaturated/α-hetero) is 1. The minimum absolute atomic E-state index is 0.0347. The van der Waals surface area contributed by atoms with E-state index in [9.17, 15) is 9.59 Å². The summed E-state index contributed by atoms with van der Waals surface area (Å²) in [5, 5.41) is 2.81. The number of amides is 1. The van der Waals surface area contributed by atoms with E-state index < -0.39 is 0 Å². The monoisotopic (exact) mass is 276 g/mol. The summed E-state index contributed by atoms with van der Waals surface area (Å²) in [5.41, 5.74) is 1.91. The first-order valence-electron chi connectivity index (χ1n) is 7.02. The molecular formula is C16H24N2O2. The molecule has 0 aliphatic heterocycles. The van der Waals surface area contributed by atoms with E-state index in [0.29, 0.717) is 5.56 Å². The van der Waals surface area contributed by atoms with Gasteiger partial charge < -0.3 is 5.32 Å². The Kier molecular flexibility index (Phi) is 6.39. The van der Waals surface area contributed by atoms with Crippen molar-refractivity contribution < 1.29 is 9.59 Å². The maximum absolute atomic E-state index is 12.1. The molecule has 0 fully saturated rings. The van der Waals surface area contributed by atoms with Crippen LogP contribution >= 0.6 is 0 Å². The quantitative estimate of drug-likeness (QED) is 0.774. The summed E-state index contributed by atoms with van der Waals surface area (Å²) < 4.78 is 0. The lowest BCUT2D eigenvalue weighted by atomic mass is 10.1. The highest BCUT2D eigenvalue weighted by Crippen LogP contribution is 2.06. The second kappa shape index (κ2) is 7.80. The molecular weight excluding hydrogens is 252 g/mol. The molecule has 0 saturated carbocycles. The lowest BCUT2D eigenvalue weighted by Crippen LogP contribution is -2.40. The SMILES string of the molecule is CCc1ccc(C(=O)CN(C)CC(=O)NC(C)C)cc1. The highest BCUT2D eigenvalue weighted by molar-refractivity contribution is 5.97. The van der Waals surface area contributed by atoms with Gasteiger partial charge in [0.05, 0.1) is 13.1 Å². The predicted molar refractivity (Wildman–Crippen MR) is 80.9 cm³/mol. The van der Waals surface area contributed by atoms with Gasteiger partial charge in [-0.3, -0.25) is 14.5 Å². The number of hydrogen-bond acceptors (Lipinski definition) is 3. The van der Waals surface area contributed by atoms with Gasteiger partial charge in [-0.25, -0.2) is 0 Å². The highest BCUT2D eigenvalue weighted by Gasteiger charge is 2.12. The Morgan fingerprint density at radius 1 is 1.15 bits per heavy atom. The average molecular weight is 276 g/mol. The maximum Gasteiger partial charge on any atom is 0.234 e. The van der Waals surface area contributed by atoms with E-state index in [-0.39, 0.29) is 30.8 Å². The molecule has 110 valence electrons. The van der Waals surface area contributed by atoms with Crippen LogP contribution in [0.15, 0.2) is 24.3 Å². The fourth-order valence-electron chi connectivity index (χ4n) is 1.93. The van der Waals surface area contributed by atoms with E-state index in [1.165, 1.54) is 5.56 Å². The summed E-state index contributed by atoms with van der Waals surface area (Å²) in [6.45, 7) is 6.39. The number of hydrogen-bond donors (Lipinski definition) is 1. The summed E-state index contributed by atoms with van der Waals surface area (Å²) in [4.78, 5) is 25.4.